The number of benzene rings is 1. The van der Waals surface area contributed by atoms with E-state index >= 15 is 0 Å². The first-order valence-electron chi connectivity index (χ1n) is 7.57. The lowest BCUT2D eigenvalue weighted by molar-refractivity contribution is 0.164. The molecule has 120 valence electrons. The molecule has 0 amide bonds. The van der Waals surface area contributed by atoms with Gasteiger partial charge >= 0.3 is 0 Å². The highest BCUT2D eigenvalue weighted by Gasteiger charge is 2.41. The number of rotatable bonds is 2. The van der Waals surface area contributed by atoms with E-state index in [1.54, 1.807) is 6.07 Å². The summed E-state index contributed by atoms with van der Waals surface area (Å²) in [5.41, 5.74) is 2.21. The second kappa shape index (κ2) is 5.69. The average Bonchev–Trinajstić information content (AvgIpc) is 2.78. The van der Waals surface area contributed by atoms with Crippen LogP contribution in [0, 0.1) is 11.8 Å². The molecule has 1 saturated heterocycles. The highest BCUT2D eigenvalue weighted by molar-refractivity contribution is 6.42. The van der Waals surface area contributed by atoms with Crippen molar-refractivity contribution in [3.05, 3.63) is 62.9 Å². The van der Waals surface area contributed by atoms with Gasteiger partial charge in [0.1, 0.15) is 5.82 Å². The number of hydrogen-bond acceptors (Lipinski definition) is 2. The minimum atomic E-state index is -0.375. The Morgan fingerprint density at radius 2 is 1.96 bits per heavy atom. The van der Waals surface area contributed by atoms with Gasteiger partial charge in [-0.15, -0.1) is 0 Å². The van der Waals surface area contributed by atoms with Crippen molar-refractivity contribution in [3.8, 4) is 0 Å². The SMILES string of the molecule is Fc1cc(Cl)c(Cl)cc1CN1[C@@H]2CC[C@H]1c1ccnc(F)c1C2. The number of aromatic nitrogens is 1. The quantitative estimate of drug-likeness (QED) is 0.561. The molecular formula is C17H14Cl2F2N2. The summed E-state index contributed by atoms with van der Waals surface area (Å²) in [5, 5.41) is 0.566. The predicted octanol–water partition coefficient (Wildman–Crippen LogP) is 4.93. The van der Waals surface area contributed by atoms with Gasteiger partial charge in [0.2, 0.25) is 5.95 Å². The number of pyridine rings is 1. The molecule has 2 atom stereocenters. The second-order valence-corrected chi connectivity index (χ2v) is 6.97. The lowest BCUT2D eigenvalue weighted by Crippen LogP contribution is -2.37. The summed E-state index contributed by atoms with van der Waals surface area (Å²) >= 11 is 11.9. The molecule has 0 unspecified atom stereocenters. The summed E-state index contributed by atoms with van der Waals surface area (Å²) < 4.78 is 28.1. The van der Waals surface area contributed by atoms with Crippen molar-refractivity contribution in [2.45, 2.75) is 37.9 Å². The second-order valence-electron chi connectivity index (χ2n) is 6.15. The van der Waals surface area contributed by atoms with Crippen LogP contribution in [0.4, 0.5) is 8.78 Å². The van der Waals surface area contributed by atoms with Gasteiger partial charge in [-0.2, -0.15) is 4.39 Å². The lowest BCUT2D eigenvalue weighted by Gasteiger charge is -2.36. The van der Waals surface area contributed by atoms with Crippen molar-refractivity contribution < 1.29 is 8.78 Å². The van der Waals surface area contributed by atoms with E-state index < -0.39 is 0 Å². The average molecular weight is 355 g/mol. The fourth-order valence-electron chi connectivity index (χ4n) is 3.84. The normalized spacial score (nSPS) is 23.1. The highest BCUT2D eigenvalue weighted by atomic mass is 35.5. The van der Waals surface area contributed by atoms with Crippen LogP contribution < -0.4 is 0 Å². The Balaban J connectivity index is 1.68. The van der Waals surface area contributed by atoms with E-state index in [0.29, 0.717) is 29.1 Å². The Bertz CT molecular complexity index is 781. The van der Waals surface area contributed by atoms with Gasteiger partial charge in [0.25, 0.3) is 0 Å². The van der Waals surface area contributed by atoms with E-state index in [9.17, 15) is 8.78 Å². The van der Waals surface area contributed by atoms with E-state index in [1.165, 1.54) is 12.3 Å². The van der Waals surface area contributed by atoms with Crippen molar-refractivity contribution in [2.75, 3.05) is 0 Å². The van der Waals surface area contributed by atoms with Crippen molar-refractivity contribution in [1.82, 2.24) is 9.88 Å². The van der Waals surface area contributed by atoms with E-state index in [-0.39, 0.29) is 28.9 Å². The van der Waals surface area contributed by atoms with Crippen LogP contribution in [-0.4, -0.2) is 15.9 Å². The summed E-state index contributed by atoms with van der Waals surface area (Å²) in [4.78, 5) is 6.00. The van der Waals surface area contributed by atoms with Gasteiger partial charge in [0.05, 0.1) is 10.0 Å². The van der Waals surface area contributed by atoms with Crippen molar-refractivity contribution in [3.63, 3.8) is 0 Å². The summed E-state index contributed by atoms with van der Waals surface area (Å²) in [5.74, 6) is -0.731. The van der Waals surface area contributed by atoms with Crippen LogP contribution in [0.2, 0.25) is 10.0 Å². The van der Waals surface area contributed by atoms with Gasteiger partial charge in [0, 0.05) is 36.0 Å². The molecule has 3 heterocycles. The Morgan fingerprint density at radius 3 is 2.78 bits per heavy atom. The standard InChI is InChI=1S/C17H14Cl2F2N2/c18-13-5-9(15(20)7-14(13)19)8-23-10-1-2-16(23)11-3-4-22-17(21)12(11)6-10/h3-5,7,10,16H,1-2,6,8H2/t10-,16+/m1/s1. The van der Waals surface area contributed by atoms with Gasteiger partial charge in [-0.25, -0.2) is 9.37 Å². The van der Waals surface area contributed by atoms with Gasteiger partial charge in [-0.05, 0) is 43.0 Å². The van der Waals surface area contributed by atoms with Gasteiger partial charge in [0.15, 0.2) is 0 Å². The van der Waals surface area contributed by atoms with Crippen molar-refractivity contribution >= 4 is 23.2 Å². The summed E-state index contributed by atoms with van der Waals surface area (Å²) in [6.07, 6.45) is 4.05. The Hall–Kier alpha value is -1.23. The number of halogens is 4. The summed E-state index contributed by atoms with van der Waals surface area (Å²) in [6, 6.07) is 5.03. The van der Waals surface area contributed by atoms with Crippen molar-refractivity contribution in [2.24, 2.45) is 0 Å². The first kappa shape index (κ1) is 15.3. The number of nitrogens with zero attached hydrogens (tertiary/aromatic N) is 2. The summed E-state index contributed by atoms with van der Waals surface area (Å²) in [7, 11) is 0. The molecule has 1 aromatic heterocycles. The molecule has 0 radical (unpaired) electrons. The molecule has 2 aromatic rings. The third-order valence-electron chi connectivity index (χ3n) is 4.92. The zero-order valence-electron chi connectivity index (χ0n) is 12.2. The van der Waals surface area contributed by atoms with Crippen LogP contribution in [0.5, 0.6) is 0 Å². The molecule has 2 aliphatic rings. The van der Waals surface area contributed by atoms with E-state index in [0.717, 1.165) is 18.4 Å². The zero-order chi connectivity index (χ0) is 16.1. The van der Waals surface area contributed by atoms with Crippen molar-refractivity contribution in [1.29, 1.82) is 0 Å². The molecule has 2 nitrogen and oxygen atoms in total. The molecule has 1 aromatic carbocycles. The van der Waals surface area contributed by atoms with Crippen LogP contribution in [0.3, 0.4) is 0 Å². The molecule has 23 heavy (non-hydrogen) atoms. The highest BCUT2D eigenvalue weighted by Crippen LogP contribution is 2.45. The predicted molar refractivity (Wildman–Crippen MR) is 85.6 cm³/mol. The maximum atomic E-state index is 14.2. The molecule has 0 aliphatic carbocycles. The molecule has 4 rings (SSSR count). The maximum Gasteiger partial charge on any atom is 0.216 e. The Labute approximate surface area is 143 Å². The fourth-order valence-corrected chi connectivity index (χ4v) is 4.18. The Kier molecular flexibility index (Phi) is 3.79. The minimum Gasteiger partial charge on any atom is -0.289 e. The van der Waals surface area contributed by atoms with Crippen LogP contribution in [0.25, 0.3) is 0 Å². The Morgan fingerprint density at radius 1 is 1.17 bits per heavy atom. The molecule has 0 saturated carbocycles. The topological polar surface area (TPSA) is 16.1 Å². The largest absolute Gasteiger partial charge is 0.289 e. The van der Waals surface area contributed by atoms with Crippen LogP contribution in [0.15, 0.2) is 24.4 Å². The van der Waals surface area contributed by atoms with E-state index in [4.69, 9.17) is 23.2 Å². The minimum absolute atomic E-state index is 0.107. The maximum absolute atomic E-state index is 14.2. The number of fused-ring (bicyclic) bond motifs is 4. The van der Waals surface area contributed by atoms with Gasteiger partial charge < -0.3 is 0 Å². The fraction of sp³-hybridized carbons (Fsp3) is 0.353. The molecule has 2 aliphatic heterocycles. The zero-order valence-corrected chi connectivity index (χ0v) is 13.7. The molecule has 6 heteroatoms. The number of hydrogen-bond donors (Lipinski definition) is 0. The van der Waals surface area contributed by atoms with E-state index in [2.05, 4.69) is 9.88 Å². The van der Waals surface area contributed by atoms with Gasteiger partial charge in [-0.3, -0.25) is 4.90 Å². The molecule has 1 fully saturated rings. The summed E-state index contributed by atoms with van der Waals surface area (Å²) in [6.45, 7) is 0.446. The van der Waals surface area contributed by atoms with Crippen LogP contribution >= 0.6 is 23.2 Å². The van der Waals surface area contributed by atoms with Gasteiger partial charge in [-0.1, -0.05) is 23.2 Å². The first-order valence-corrected chi connectivity index (χ1v) is 8.32. The van der Waals surface area contributed by atoms with Crippen LogP contribution in [0.1, 0.15) is 35.6 Å². The third kappa shape index (κ3) is 2.53. The monoisotopic (exact) mass is 354 g/mol. The smallest absolute Gasteiger partial charge is 0.216 e. The first-order chi connectivity index (χ1) is 11.0. The van der Waals surface area contributed by atoms with E-state index in [1.807, 2.05) is 6.07 Å². The third-order valence-corrected chi connectivity index (χ3v) is 5.65. The molecule has 2 bridgehead atoms. The molecular weight excluding hydrogens is 341 g/mol. The lowest BCUT2D eigenvalue weighted by atomic mass is 9.94. The molecule has 0 N–H and O–H groups in total. The van der Waals surface area contributed by atoms with Crippen LogP contribution in [-0.2, 0) is 13.0 Å². The molecule has 0 spiro atoms.